The number of benzene rings is 2. The lowest BCUT2D eigenvalue weighted by molar-refractivity contribution is -0.134. The zero-order valence-corrected chi connectivity index (χ0v) is 17.9. The Bertz CT molecular complexity index is 896. The molecule has 4 rings (SSSR count). The van der Waals surface area contributed by atoms with Gasteiger partial charge in [-0.15, -0.1) is 0 Å². The van der Waals surface area contributed by atoms with Crippen LogP contribution in [0.15, 0.2) is 36.4 Å². The number of likely N-dealkylation sites (tertiary alicyclic amines) is 1. The van der Waals surface area contributed by atoms with Crippen LogP contribution >= 0.6 is 23.2 Å². The summed E-state index contributed by atoms with van der Waals surface area (Å²) in [5, 5.41) is 11.3. The van der Waals surface area contributed by atoms with Crippen LogP contribution < -0.4 is 0 Å². The minimum Gasteiger partial charge on any atom is -0.508 e. The lowest BCUT2D eigenvalue weighted by atomic mass is 9.90. The molecule has 2 aliphatic heterocycles. The molecule has 1 unspecified atom stereocenters. The van der Waals surface area contributed by atoms with Crippen LogP contribution in [0.2, 0.25) is 10.0 Å². The van der Waals surface area contributed by atoms with Gasteiger partial charge in [0.25, 0.3) is 0 Å². The fourth-order valence-electron chi connectivity index (χ4n) is 4.54. The number of aromatic hydroxyl groups is 1. The molecule has 2 heterocycles. The Morgan fingerprint density at radius 1 is 1.03 bits per heavy atom. The maximum absolute atomic E-state index is 13.3. The molecule has 0 spiro atoms. The average Bonchev–Trinajstić information content (AvgIpc) is 2.72. The number of hydrogen-bond donors (Lipinski definition) is 1. The van der Waals surface area contributed by atoms with Crippen molar-refractivity contribution in [3.05, 3.63) is 63.1 Å². The number of hydrogen-bond acceptors (Lipinski definition) is 3. The third-order valence-electron chi connectivity index (χ3n) is 6.06. The third kappa shape index (κ3) is 4.55. The van der Waals surface area contributed by atoms with Crippen LogP contribution in [0.25, 0.3) is 0 Å². The topological polar surface area (TPSA) is 43.8 Å². The number of carbonyl (C=O) groups excluding carboxylic acids is 1. The Labute approximate surface area is 182 Å². The van der Waals surface area contributed by atoms with Gasteiger partial charge in [-0.25, -0.2) is 0 Å². The summed E-state index contributed by atoms with van der Waals surface area (Å²) in [4.78, 5) is 17.7. The summed E-state index contributed by atoms with van der Waals surface area (Å²) in [5.41, 5.74) is 2.92. The van der Waals surface area contributed by atoms with Gasteiger partial charge < -0.3 is 14.9 Å². The van der Waals surface area contributed by atoms with E-state index in [-0.39, 0.29) is 11.9 Å². The predicted molar refractivity (Wildman–Crippen MR) is 117 cm³/mol. The van der Waals surface area contributed by atoms with Crippen LogP contribution in [-0.2, 0) is 17.6 Å². The summed E-state index contributed by atoms with van der Waals surface area (Å²) in [6, 6.07) is 11.0. The van der Waals surface area contributed by atoms with Crippen molar-refractivity contribution in [1.29, 1.82) is 0 Å². The summed E-state index contributed by atoms with van der Waals surface area (Å²) in [7, 11) is 0. The molecule has 29 heavy (non-hydrogen) atoms. The van der Waals surface area contributed by atoms with E-state index in [1.807, 2.05) is 17.0 Å². The molecule has 0 aliphatic carbocycles. The van der Waals surface area contributed by atoms with E-state index in [1.54, 1.807) is 18.2 Å². The minimum atomic E-state index is -0.0424. The minimum absolute atomic E-state index is 0.0424. The van der Waals surface area contributed by atoms with E-state index < -0.39 is 0 Å². The molecule has 0 saturated carbocycles. The first-order valence-electron chi connectivity index (χ1n) is 10.3. The first-order chi connectivity index (χ1) is 14.0. The molecule has 2 aromatic carbocycles. The Balaban J connectivity index is 1.59. The number of fused-ring (bicyclic) bond motifs is 1. The molecule has 0 bridgehead atoms. The summed E-state index contributed by atoms with van der Waals surface area (Å²) in [6.45, 7) is 3.56. The Hall–Kier alpha value is -1.75. The number of nitrogens with zero attached hydrogens (tertiary/aromatic N) is 2. The quantitative estimate of drug-likeness (QED) is 0.750. The van der Waals surface area contributed by atoms with Crippen molar-refractivity contribution in [3.8, 4) is 5.75 Å². The number of phenolic OH excluding ortho intramolecular Hbond substituents is 1. The Kier molecular flexibility index (Phi) is 6.33. The second-order valence-electron chi connectivity index (χ2n) is 7.98. The van der Waals surface area contributed by atoms with E-state index in [9.17, 15) is 9.90 Å². The lowest BCUT2D eigenvalue weighted by Crippen LogP contribution is -2.46. The highest BCUT2D eigenvalue weighted by Crippen LogP contribution is 2.36. The predicted octanol–water partition coefficient (Wildman–Crippen LogP) is 4.85. The summed E-state index contributed by atoms with van der Waals surface area (Å²) >= 11 is 12.1. The highest BCUT2D eigenvalue weighted by atomic mass is 35.5. The molecular weight excluding hydrogens is 407 g/mol. The first-order valence-corrected chi connectivity index (χ1v) is 11.0. The second-order valence-corrected chi connectivity index (χ2v) is 8.80. The molecule has 1 saturated heterocycles. The van der Waals surface area contributed by atoms with E-state index in [2.05, 4.69) is 11.0 Å². The second kappa shape index (κ2) is 8.95. The van der Waals surface area contributed by atoms with Gasteiger partial charge in [0.05, 0.1) is 22.5 Å². The molecule has 1 amide bonds. The SMILES string of the molecule is O=C(Cc1ccc(Cl)c(Cl)c1)N1CCc2c(O)cccc2C1CN1CCCCC1. The van der Waals surface area contributed by atoms with E-state index >= 15 is 0 Å². The lowest BCUT2D eigenvalue weighted by Gasteiger charge is -2.41. The fraction of sp³-hybridized carbons (Fsp3) is 0.435. The maximum atomic E-state index is 13.3. The zero-order valence-electron chi connectivity index (χ0n) is 16.4. The van der Waals surface area contributed by atoms with Crippen LogP contribution in [-0.4, -0.2) is 47.0 Å². The number of amides is 1. The van der Waals surface area contributed by atoms with Gasteiger partial charge in [-0.2, -0.15) is 0 Å². The van der Waals surface area contributed by atoms with E-state index in [0.29, 0.717) is 35.2 Å². The van der Waals surface area contributed by atoms with Gasteiger partial charge >= 0.3 is 0 Å². The van der Waals surface area contributed by atoms with Crippen LogP contribution in [0.1, 0.15) is 42.0 Å². The van der Waals surface area contributed by atoms with Gasteiger partial charge in [0, 0.05) is 18.7 Å². The third-order valence-corrected chi connectivity index (χ3v) is 6.80. The van der Waals surface area contributed by atoms with Crippen molar-refractivity contribution < 1.29 is 9.90 Å². The standard InChI is InChI=1S/C23H26Cl2N2O2/c24-19-8-7-16(13-20(19)25)14-23(29)27-12-9-18-17(5-4-6-22(18)28)21(27)15-26-10-2-1-3-11-26/h4-8,13,21,28H,1-3,9-12,14-15H2. The van der Waals surface area contributed by atoms with Crippen molar-refractivity contribution in [2.45, 2.75) is 38.1 Å². The molecule has 2 aliphatic rings. The van der Waals surface area contributed by atoms with Crippen LogP contribution in [0.5, 0.6) is 5.75 Å². The van der Waals surface area contributed by atoms with E-state index in [4.69, 9.17) is 23.2 Å². The fourth-order valence-corrected chi connectivity index (χ4v) is 4.86. The number of halogens is 2. The van der Waals surface area contributed by atoms with E-state index in [0.717, 1.165) is 36.3 Å². The van der Waals surface area contributed by atoms with Crippen molar-refractivity contribution in [3.63, 3.8) is 0 Å². The number of rotatable bonds is 4. The maximum Gasteiger partial charge on any atom is 0.227 e. The molecule has 154 valence electrons. The Morgan fingerprint density at radius 2 is 1.83 bits per heavy atom. The van der Waals surface area contributed by atoms with Crippen molar-refractivity contribution >= 4 is 29.1 Å². The van der Waals surface area contributed by atoms with Crippen molar-refractivity contribution in [1.82, 2.24) is 9.80 Å². The molecule has 4 nitrogen and oxygen atoms in total. The van der Waals surface area contributed by atoms with Crippen molar-refractivity contribution in [2.75, 3.05) is 26.2 Å². The molecule has 1 fully saturated rings. The number of piperidine rings is 1. The molecule has 6 heteroatoms. The van der Waals surface area contributed by atoms with Crippen molar-refractivity contribution in [2.24, 2.45) is 0 Å². The number of carbonyl (C=O) groups is 1. The summed E-state index contributed by atoms with van der Waals surface area (Å²) < 4.78 is 0. The summed E-state index contributed by atoms with van der Waals surface area (Å²) in [6.07, 6.45) is 4.65. The molecule has 0 aromatic heterocycles. The largest absolute Gasteiger partial charge is 0.508 e. The molecule has 1 N–H and O–H groups in total. The Morgan fingerprint density at radius 3 is 2.59 bits per heavy atom. The average molecular weight is 433 g/mol. The van der Waals surface area contributed by atoms with Gasteiger partial charge in [0.1, 0.15) is 5.75 Å². The summed E-state index contributed by atoms with van der Waals surface area (Å²) in [5.74, 6) is 0.419. The highest BCUT2D eigenvalue weighted by molar-refractivity contribution is 6.42. The van der Waals surface area contributed by atoms with Crippen LogP contribution in [0.4, 0.5) is 0 Å². The molecule has 0 radical (unpaired) electrons. The van der Waals surface area contributed by atoms with Crippen LogP contribution in [0.3, 0.4) is 0 Å². The molecule has 1 atom stereocenters. The molecule has 2 aromatic rings. The van der Waals surface area contributed by atoms with Crippen LogP contribution in [0, 0.1) is 0 Å². The van der Waals surface area contributed by atoms with Gasteiger partial charge in [0.2, 0.25) is 5.91 Å². The van der Waals surface area contributed by atoms with E-state index in [1.165, 1.54) is 19.3 Å². The highest BCUT2D eigenvalue weighted by Gasteiger charge is 2.33. The smallest absolute Gasteiger partial charge is 0.227 e. The van der Waals surface area contributed by atoms with Gasteiger partial charge in [-0.05, 0) is 61.7 Å². The normalized spacial score (nSPS) is 19.8. The van der Waals surface area contributed by atoms with Gasteiger partial charge in [-0.1, -0.05) is 47.8 Å². The van der Waals surface area contributed by atoms with Gasteiger partial charge in [-0.3, -0.25) is 4.79 Å². The molecular formula is C23H26Cl2N2O2. The monoisotopic (exact) mass is 432 g/mol. The number of phenols is 1. The first kappa shape index (κ1) is 20.5. The zero-order chi connectivity index (χ0) is 20.4. The van der Waals surface area contributed by atoms with Gasteiger partial charge in [0.15, 0.2) is 0 Å².